The number of imidazole rings is 1. The molecule has 154 valence electrons. The average Bonchev–Trinajstić information content (AvgIpc) is 3.07. The van der Waals surface area contributed by atoms with Gasteiger partial charge in [-0.25, -0.2) is 4.98 Å². The normalized spacial score (nSPS) is 13.9. The lowest BCUT2D eigenvalue weighted by molar-refractivity contribution is -0.114. The van der Waals surface area contributed by atoms with Crippen LogP contribution in [0.2, 0.25) is 0 Å². The molecule has 0 bridgehead atoms. The van der Waals surface area contributed by atoms with E-state index in [1.165, 1.54) is 6.92 Å². The molecule has 1 unspecified atom stereocenters. The number of carbonyl (C=O) groups excluding carboxylic acids is 3. The number of nitrogens with one attached hydrogen (secondary N) is 3. The molecule has 2 aromatic rings. The Morgan fingerprint density at radius 3 is 2.55 bits per heavy atom. The molecule has 3 rings (SSSR count). The maximum atomic E-state index is 12.9. The molecular weight excluding hydrogens is 370 g/mol. The van der Waals surface area contributed by atoms with Crippen molar-refractivity contribution in [2.75, 3.05) is 10.6 Å². The summed E-state index contributed by atoms with van der Waals surface area (Å²) in [5.41, 5.74) is 2.28. The van der Waals surface area contributed by atoms with Gasteiger partial charge in [-0.3, -0.25) is 14.4 Å². The molecule has 0 saturated carbocycles. The molecule has 0 saturated heterocycles. The predicted molar refractivity (Wildman–Crippen MR) is 111 cm³/mol. The lowest BCUT2D eigenvalue weighted by Gasteiger charge is -2.17. The van der Waals surface area contributed by atoms with E-state index in [0.29, 0.717) is 23.6 Å². The molecule has 1 aromatic heterocycles. The smallest absolute Gasteiger partial charge is 0.291 e. The minimum atomic E-state index is -0.379. The van der Waals surface area contributed by atoms with Crippen LogP contribution in [-0.2, 0) is 17.8 Å². The quantitative estimate of drug-likeness (QED) is 0.697. The number of fused-ring (bicyclic) bond motifs is 1. The molecule has 1 aliphatic heterocycles. The second-order valence-electron chi connectivity index (χ2n) is 7.34. The van der Waals surface area contributed by atoms with E-state index in [1.54, 1.807) is 24.3 Å². The molecule has 8 heteroatoms. The molecule has 1 atom stereocenters. The number of carbonyl (C=O) groups is 3. The summed E-state index contributed by atoms with van der Waals surface area (Å²) in [6.07, 6.45) is 3.45. The van der Waals surface area contributed by atoms with Gasteiger partial charge in [0, 0.05) is 30.9 Å². The van der Waals surface area contributed by atoms with E-state index < -0.39 is 0 Å². The zero-order valence-corrected chi connectivity index (χ0v) is 17.0. The van der Waals surface area contributed by atoms with Gasteiger partial charge in [0.1, 0.15) is 5.69 Å². The molecule has 0 spiro atoms. The summed E-state index contributed by atoms with van der Waals surface area (Å²) in [6, 6.07) is 6.94. The number of hydrogen-bond donors (Lipinski definition) is 3. The van der Waals surface area contributed by atoms with Gasteiger partial charge in [-0.15, -0.1) is 0 Å². The van der Waals surface area contributed by atoms with Gasteiger partial charge in [0.15, 0.2) is 5.82 Å². The van der Waals surface area contributed by atoms with E-state index in [9.17, 15) is 14.4 Å². The highest BCUT2D eigenvalue weighted by molar-refractivity contribution is 6.04. The molecule has 0 fully saturated rings. The third kappa shape index (κ3) is 4.82. The topological polar surface area (TPSA) is 105 Å². The molecule has 1 aliphatic rings. The summed E-state index contributed by atoms with van der Waals surface area (Å²) >= 11 is 0. The lowest BCUT2D eigenvalue weighted by atomic mass is 10.1. The van der Waals surface area contributed by atoms with Crippen molar-refractivity contribution in [1.82, 2.24) is 14.9 Å². The fraction of sp³-hybridized carbons (Fsp3) is 0.429. The highest BCUT2D eigenvalue weighted by atomic mass is 16.2. The number of benzene rings is 1. The Balaban J connectivity index is 1.85. The van der Waals surface area contributed by atoms with Gasteiger partial charge in [0.2, 0.25) is 5.91 Å². The number of anilines is 2. The summed E-state index contributed by atoms with van der Waals surface area (Å²) in [4.78, 5) is 41.2. The summed E-state index contributed by atoms with van der Waals surface area (Å²) in [7, 11) is 0. The van der Waals surface area contributed by atoms with Crippen molar-refractivity contribution in [2.24, 2.45) is 0 Å². The van der Waals surface area contributed by atoms with Gasteiger partial charge < -0.3 is 20.5 Å². The monoisotopic (exact) mass is 397 g/mol. The fourth-order valence-corrected chi connectivity index (χ4v) is 3.36. The lowest BCUT2D eigenvalue weighted by Crippen LogP contribution is -2.33. The van der Waals surface area contributed by atoms with Gasteiger partial charge in [-0.2, -0.15) is 0 Å². The third-order valence-electron chi connectivity index (χ3n) is 4.97. The van der Waals surface area contributed by atoms with E-state index in [1.807, 2.05) is 18.4 Å². The number of nitrogens with zero attached hydrogens (tertiary/aromatic N) is 2. The first-order valence-corrected chi connectivity index (χ1v) is 9.98. The van der Waals surface area contributed by atoms with Crippen LogP contribution in [0.1, 0.15) is 66.8 Å². The van der Waals surface area contributed by atoms with Gasteiger partial charge in [0.05, 0.1) is 5.69 Å². The van der Waals surface area contributed by atoms with Crippen molar-refractivity contribution in [3.63, 3.8) is 0 Å². The zero-order valence-electron chi connectivity index (χ0n) is 17.0. The van der Waals surface area contributed by atoms with Crippen LogP contribution < -0.4 is 16.0 Å². The van der Waals surface area contributed by atoms with E-state index in [0.717, 1.165) is 31.4 Å². The Morgan fingerprint density at radius 1 is 1.14 bits per heavy atom. The highest BCUT2D eigenvalue weighted by Crippen LogP contribution is 2.23. The summed E-state index contributed by atoms with van der Waals surface area (Å²) in [6.45, 7) is 6.03. The van der Waals surface area contributed by atoms with E-state index in [2.05, 4.69) is 20.9 Å². The van der Waals surface area contributed by atoms with Gasteiger partial charge in [-0.1, -0.05) is 13.0 Å². The molecule has 3 amide bonds. The van der Waals surface area contributed by atoms with E-state index in [4.69, 9.17) is 0 Å². The highest BCUT2D eigenvalue weighted by Gasteiger charge is 2.28. The van der Waals surface area contributed by atoms with Crippen molar-refractivity contribution < 1.29 is 14.4 Å². The third-order valence-corrected chi connectivity index (χ3v) is 4.97. The second kappa shape index (κ2) is 8.89. The number of aromatic nitrogens is 2. The molecule has 29 heavy (non-hydrogen) atoms. The molecule has 0 aliphatic carbocycles. The minimum Gasteiger partial charge on any atom is -0.348 e. The maximum Gasteiger partial charge on any atom is 0.291 e. The van der Waals surface area contributed by atoms with Crippen LogP contribution in [-0.4, -0.2) is 33.3 Å². The van der Waals surface area contributed by atoms with E-state index >= 15 is 0 Å². The van der Waals surface area contributed by atoms with Crippen molar-refractivity contribution in [2.45, 2.75) is 59.0 Å². The van der Waals surface area contributed by atoms with Crippen LogP contribution in [0.3, 0.4) is 0 Å². The van der Waals surface area contributed by atoms with Crippen LogP contribution in [0.5, 0.6) is 0 Å². The largest absolute Gasteiger partial charge is 0.348 e. The van der Waals surface area contributed by atoms with Crippen molar-refractivity contribution in [3.8, 4) is 0 Å². The first-order chi connectivity index (χ1) is 13.9. The van der Waals surface area contributed by atoms with Crippen molar-refractivity contribution >= 4 is 29.1 Å². The van der Waals surface area contributed by atoms with Crippen LogP contribution in [0.25, 0.3) is 0 Å². The van der Waals surface area contributed by atoms with Crippen LogP contribution in [0.15, 0.2) is 24.3 Å². The second-order valence-corrected chi connectivity index (χ2v) is 7.34. The van der Waals surface area contributed by atoms with Crippen molar-refractivity contribution in [1.29, 1.82) is 0 Å². The molecule has 0 radical (unpaired) electrons. The van der Waals surface area contributed by atoms with Gasteiger partial charge in [0.25, 0.3) is 11.8 Å². The first kappa shape index (κ1) is 20.6. The molecule has 3 N–H and O–H groups in total. The molecule has 1 aromatic carbocycles. The summed E-state index contributed by atoms with van der Waals surface area (Å²) in [5.74, 6) is -0.570. The molecular formula is C21H27N5O3. The molecule has 8 nitrogen and oxygen atoms in total. The van der Waals surface area contributed by atoms with Gasteiger partial charge >= 0.3 is 0 Å². The Bertz CT molecular complexity index is 934. The van der Waals surface area contributed by atoms with Crippen molar-refractivity contribution in [3.05, 3.63) is 41.5 Å². The number of hydrogen-bond acceptors (Lipinski definition) is 4. The SMILES string of the molecule is CCC(C)NC(=O)c1nc(C(=O)Nc2cccc(NC(C)=O)c2)n2c1CCCC2. The Morgan fingerprint density at radius 2 is 1.86 bits per heavy atom. The van der Waals surface area contributed by atoms with Crippen LogP contribution >= 0.6 is 0 Å². The Hall–Kier alpha value is -3.16. The van der Waals surface area contributed by atoms with E-state index in [-0.39, 0.29) is 29.6 Å². The Kier molecular flexibility index (Phi) is 6.31. The standard InChI is InChI=1S/C21H27N5O3/c1-4-13(2)22-20(28)18-17-10-5-6-11-26(17)19(25-18)21(29)24-16-9-7-8-15(12-16)23-14(3)27/h7-9,12-13H,4-6,10-11H2,1-3H3,(H,22,28)(H,23,27)(H,24,29). The first-order valence-electron chi connectivity index (χ1n) is 9.98. The number of rotatable bonds is 6. The average molecular weight is 397 g/mol. The predicted octanol–water partition coefficient (Wildman–Crippen LogP) is 2.96. The Labute approximate surface area is 170 Å². The minimum absolute atomic E-state index is 0.0391. The molecule has 2 heterocycles. The fourth-order valence-electron chi connectivity index (χ4n) is 3.36. The zero-order chi connectivity index (χ0) is 21.0. The number of amides is 3. The maximum absolute atomic E-state index is 12.9. The van der Waals surface area contributed by atoms with Crippen LogP contribution in [0, 0.1) is 0 Å². The summed E-state index contributed by atoms with van der Waals surface area (Å²) in [5, 5.41) is 8.44. The van der Waals surface area contributed by atoms with Gasteiger partial charge in [-0.05, 0) is 50.8 Å². The van der Waals surface area contributed by atoms with Crippen LogP contribution in [0.4, 0.5) is 11.4 Å². The summed E-state index contributed by atoms with van der Waals surface area (Å²) < 4.78 is 1.85.